The van der Waals surface area contributed by atoms with E-state index in [1.54, 1.807) is 12.1 Å². The number of hydrogen-bond donors (Lipinski definition) is 4. The molecule has 1 rings (SSSR count). The van der Waals surface area contributed by atoms with Gasteiger partial charge in [0.1, 0.15) is 15.7 Å². The third kappa shape index (κ3) is 3.34. The van der Waals surface area contributed by atoms with Crippen molar-refractivity contribution in [3.8, 4) is 0 Å². The molecule has 1 atom stereocenters. The average Bonchev–Trinajstić information content (AvgIpc) is 2.18. The smallest absolute Gasteiger partial charge is 0.169 e. The summed E-state index contributed by atoms with van der Waals surface area (Å²) in [6.07, 6.45) is 0. The monoisotopic (exact) mass is 324 g/mol. The Morgan fingerprint density at radius 1 is 0.944 bits per heavy atom. The Balaban J connectivity index is 3.12. The van der Waals surface area contributed by atoms with Crippen molar-refractivity contribution in [2.45, 2.75) is 20.9 Å². The molecule has 0 fully saturated rings. The van der Waals surface area contributed by atoms with Gasteiger partial charge in [0.05, 0.1) is 0 Å². The maximum Gasteiger partial charge on any atom is 0.169 e. The first-order chi connectivity index (χ1) is 7.97. The zero-order valence-corrected chi connectivity index (χ0v) is 11.5. The molecule has 0 aliphatic rings. The van der Waals surface area contributed by atoms with E-state index in [4.69, 9.17) is 23.5 Å². The van der Waals surface area contributed by atoms with Crippen molar-refractivity contribution in [1.29, 1.82) is 0 Å². The molecule has 0 saturated heterocycles. The minimum Gasteiger partial charge on any atom is -0.405 e. The highest BCUT2D eigenvalue weighted by atomic mass is 79.9. The van der Waals surface area contributed by atoms with Crippen LogP contribution in [0.4, 0.5) is 0 Å². The minimum absolute atomic E-state index is 0.368. The van der Waals surface area contributed by atoms with Crippen molar-refractivity contribution in [1.82, 2.24) is 0 Å². The first-order valence-electron chi connectivity index (χ1n) is 4.68. The molecule has 90 valence electrons. The Morgan fingerprint density at radius 2 is 1.39 bits per heavy atom. The van der Waals surface area contributed by atoms with Gasteiger partial charge in [-0.15, -0.1) is 0 Å². The van der Waals surface area contributed by atoms with Gasteiger partial charge in [0.2, 0.25) is 0 Å². The van der Waals surface area contributed by atoms with E-state index in [1.165, 1.54) is 12.1 Å². The van der Waals surface area contributed by atoms with E-state index in [1.807, 2.05) is 0 Å². The minimum atomic E-state index is -3.21. The lowest BCUT2D eigenvalue weighted by atomic mass is 9.57. The standard InChI is InChI=1S/C9H8B3BrO4S/c10-8(11,15)7(14,9(12,16)17)18-6-3-1-5(13)2-4-6/h1-4,14-17H. The Morgan fingerprint density at radius 3 is 1.72 bits per heavy atom. The molecule has 1 aromatic rings. The van der Waals surface area contributed by atoms with Gasteiger partial charge in [-0.2, -0.15) is 0 Å². The third-order valence-electron chi connectivity index (χ3n) is 2.12. The fourth-order valence-corrected chi connectivity index (χ4v) is 2.32. The number of aliphatic hydroxyl groups is 4. The third-order valence-corrected chi connectivity index (χ3v) is 4.08. The largest absolute Gasteiger partial charge is 0.405 e. The van der Waals surface area contributed by atoms with Crippen molar-refractivity contribution in [2.24, 2.45) is 0 Å². The molecule has 0 aliphatic carbocycles. The second-order valence-corrected chi connectivity index (χ2v) is 5.93. The highest BCUT2D eigenvalue weighted by Gasteiger charge is 2.54. The summed E-state index contributed by atoms with van der Waals surface area (Å²) in [4.78, 5) is -2.46. The molecule has 0 bridgehead atoms. The maximum absolute atomic E-state index is 10.0. The highest BCUT2D eigenvalue weighted by Crippen LogP contribution is 2.42. The fraction of sp³-hybridized carbons (Fsp3) is 0.333. The molecule has 6 radical (unpaired) electrons. The van der Waals surface area contributed by atoms with Gasteiger partial charge in [0.25, 0.3) is 0 Å². The lowest BCUT2D eigenvalue weighted by molar-refractivity contribution is -0.204. The molecular formula is C9H8B3BrO4S. The van der Waals surface area contributed by atoms with Gasteiger partial charge in [0, 0.05) is 14.8 Å². The first-order valence-corrected chi connectivity index (χ1v) is 6.29. The molecule has 4 N–H and O–H groups in total. The van der Waals surface area contributed by atoms with E-state index in [9.17, 15) is 20.4 Å². The van der Waals surface area contributed by atoms with Crippen LogP contribution < -0.4 is 0 Å². The zero-order chi connectivity index (χ0) is 14.2. The van der Waals surface area contributed by atoms with Gasteiger partial charge >= 0.3 is 0 Å². The van der Waals surface area contributed by atoms with E-state index >= 15 is 0 Å². The van der Waals surface area contributed by atoms with Gasteiger partial charge in [-0.25, -0.2) is 0 Å². The predicted octanol–water partition coefficient (Wildman–Crippen LogP) is -0.980. The van der Waals surface area contributed by atoms with Crippen molar-refractivity contribution < 1.29 is 20.4 Å². The van der Waals surface area contributed by atoms with E-state index in [0.717, 1.165) is 4.47 Å². The van der Waals surface area contributed by atoms with Crippen LogP contribution in [0.5, 0.6) is 0 Å². The maximum atomic E-state index is 10.0. The number of thioether (sulfide) groups is 1. The molecule has 9 heteroatoms. The van der Waals surface area contributed by atoms with E-state index in [0.29, 0.717) is 16.7 Å². The summed E-state index contributed by atoms with van der Waals surface area (Å²) in [5, 5.41) is 35.3. The Labute approximate surface area is 121 Å². The van der Waals surface area contributed by atoms with Crippen molar-refractivity contribution >= 4 is 51.2 Å². The van der Waals surface area contributed by atoms with Crippen LogP contribution in [-0.4, -0.2) is 60.0 Å². The first kappa shape index (κ1) is 16.1. The fourth-order valence-electron chi connectivity index (χ4n) is 1.12. The van der Waals surface area contributed by atoms with Crippen LogP contribution in [0, 0.1) is 0 Å². The highest BCUT2D eigenvalue weighted by molar-refractivity contribution is 9.10. The molecule has 0 amide bonds. The van der Waals surface area contributed by atoms with Crippen LogP contribution >= 0.6 is 27.7 Å². The summed E-state index contributed by atoms with van der Waals surface area (Å²) in [7, 11) is 15.3. The van der Waals surface area contributed by atoms with Gasteiger partial charge in [0.15, 0.2) is 18.5 Å². The molecule has 1 unspecified atom stereocenters. The van der Waals surface area contributed by atoms with Crippen molar-refractivity contribution in [3.05, 3.63) is 28.7 Å². The molecule has 0 aromatic heterocycles. The summed E-state index contributed by atoms with van der Waals surface area (Å²) < 4.78 is 0.776. The molecule has 0 heterocycles. The van der Waals surface area contributed by atoms with Crippen LogP contribution in [0.15, 0.2) is 33.6 Å². The average molecular weight is 325 g/mol. The van der Waals surface area contributed by atoms with Crippen LogP contribution in [0.25, 0.3) is 0 Å². The van der Waals surface area contributed by atoms with Crippen LogP contribution in [0.1, 0.15) is 0 Å². The summed E-state index contributed by atoms with van der Waals surface area (Å²) in [6, 6.07) is 6.36. The molecule has 0 saturated carbocycles. The van der Waals surface area contributed by atoms with Crippen molar-refractivity contribution in [3.63, 3.8) is 0 Å². The Kier molecular flexibility index (Phi) is 4.69. The van der Waals surface area contributed by atoms with E-state index in [2.05, 4.69) is 15.9 Å². The van der Waals surface area contributed by atoms with Crippen molar-refractivity contribution in [2.75, 3.05) is 0 Å². The second kappa shape index (κ2) is 5.23. The quantitative estimate of drug-likeness (QED) is 0.325. The summed E-state index contributed by atoms with van der Waals surface area (Å²) in [5.74, 6) is 0. The number of benzene rings is 1. The summed E-state index contributed by atoms with van der Waals surface area (Å²) >= 11 is 3.63. The van der Waals surface area contributed by atoms with Crippen LogP contribution in [0.2, 0.25) is 0 Å². The summed E-state index contributed by atoms with van der Waals surface area (Å²) in [6.45, 7) is 0. The predicted molar refractivity (Wildman–Crippen MR) is 74.3 cm³/mol. The lowest BCUT2D eigenvalue weighted by Gasteiger charge is -2.46. The van der Waals surface area contributed by atoms with Gasteiger partial charge in [-0.3, -0.25) is 0 Å². The second-order valence-electron chi connectivity index (χ2n) is 3.75. The zero-order valence-electron chi connectivity index (χ0n) is 9.12. The number of rotatable bonds is 4. The molecule has 4 nitrogen and oxygen atoms in total. The van der Waals surface area contributed by atoms with E-state index in [-0.39, 0.29) is 0 Å². The number of hydrogen-bond acceptors (Lipinski definition) is 5. The van der Waals surface area contributed by atoms with Gasteiger partial charge in [-0.1, -0.05) is 27.7 Å². The molecule has 0 spiro atoms. The molecule has 18 heavy (non-hydrogen) atoms. The van der Waals surface area contributed by atoms with E-state index < -0.39 is 16.0 Å². The van der Waals surface area contributed by atoms with Gasteiger partial charge in [-0.05, 0) is 24.3 Å². The number of halogens is 1. The topological polar surface area (TPSA) is 80.9 Å². The molecular weight excluding hydrogens is 317 g/mol. The van der Waals surface area contributed by atoms with Crippen LogP contribution in [0.3, 0.4) is 0 Å². The SMILES string of the molecule is [B]C([B])(O)C(O)(Sc1ccc(Br)cc1)C([B])(O)O. The Bertz CT molecular complexity index is 401. The molecule has 1 aromatic carbocycles. The Hall–Kier alpha value is 0.0848. The normalized spacial score (nSPS) is 16.3. The molecule has 0 aliphatic heterocycles. The van der Waals surface area contributed by atoms with Gasteiger partial charge < -0.3 is 20.4 Å². The lowest BCUT2D eigenvalue weighted by Crippen LogP contribution is -2.67. The summed E-state index contributed by atoms with van der Waals surface area (Å²) in [5.41, 5.74) is -3.21. The van der Waals surface area contributed by atoms with Crippen LogP contribution in [-0.2, 0) is 0 Å².